The Morgan fingerprint density at radius 3 is 1.92 bits per heavy atom. The van der Waals surface area contributed by atoms with E-state index in [0.717, 1.165) is 12.8 Å². The molecule has 1 aliphatic carbocycles. The number of rotatable bonds is 4. The molecule has 24 heavy (non-hydrogen) atoms. The van der Waals surface area contributed by atoms with Crippen LogP contribution in [0.15, 0.2) is 47.8 Å². The molecule has 0 bridgehead atoms. The number of halogens is 1. The van der Waals surface area contributed by atoms with Crippen LogP contribution < -0.4 is 0 Å². The quantitative estimate of drug-likeness (QED) is 0.794. The molecule has 0 N–H and O–H groups in total. The first-order valence-corrected chi connectivity index (χ1v) is 7.68. The number of nitrogens with zero attached hydrogens (tertiary/aromatic N) is 1. The maximum absolute atomic E-state index is 13.3. The van der Waals surface area contributed by atoms with E-state index in [4.69, 9.17) is 9.47 Å². The van der Waals surface area contributed by atoms with Gasteiger partial charge in [-0.1, -0.05) is 12.1 Å². The molecule has 1 aromatic rings. The third-order valence-corrected chi connectivity index (χ3v) is 4.21. The predicted molar refractivity (Wildman–Crippen MR) is 84.2 cm³/mol. The highest BCUT2D eigenvalue weighted by molar-refractivity contribution is 5.98. The number of methoxy groups -OCH3 is 2. The number of esters is 2. The van der Waals surface area contributed by atoms with Gasteiger partial charge < -0.3 is 14.4 Å². The van der Waals surface area contributed by atoms with Gasteiger partial charge in [-0.3, -0.25) is 0 Å². The minimum Gasteiger partial charge on any atom is -0.466 e. The molecule has 1 aliphatic heterocycles. The summed E-state index contributed by atoms with van der Waals surface area (Å²) in [5, 5.41) is 0. The first-order valence-electron chi connectivity index (χ1n) is 7.68. The summed E-state index contributed by atoms with van der Waals surface area (Å²) in [6.07, 6.45) is 5.42. The SMILES string of the molecule is COC(=O)C1=CN(C2CC2)C=C(C(=O)OC)C1c1ccc(F)cc1. The van der Waals surface area contributed by atoms with Crippen LogP contribution in [0.5, 0.6) is 0 Å². The van der Waals surface area contributed by atoms with E-state index in [1.54, 1.807) is 24.5 Å². The molecule has 1 aromatic carbocycles. The third kappa shape index (κ3) is 3.04. The summed E-state index contributed by atoms with van der Waals surface area (Å²) < 4.78 is 23.0. The molecule has 0 amide bonds. The van der Waals surface area contributed by atoms with Crippen molar-refractivity contribution in [2.24, 2.45) is 0 Å². The van der Waals surface area contributed by atoms with Crippen LogP contribution >= 0.6 is 0 Å². The summed E-state index contributed by atoms with van der Waals surface area (Å²) in [5.41, 5.74) is 1.29. The van der Waals surface area contributed by atoms with Crippen molar-refractivity contribution in [1.29, 1.82) is 0 Å². The maximum atomic E-state index is 13.3. The zero-order valence-corrected chi connectivity index (χ0v) is 13.5. The van der Waals surface area contributed by atoms with Gasteiger partial charge in [-0.05, 0) is 30.5 Å². The summed E-state index contributed by atoms with van der Waals surface area (Å²) in [6.45, 7) is 0. The van der Waals surface area contributed by atoms with Crippen LogP contribution in [-0.2, 0) is 19.1 Å². The average molecular weight is 331 g/mol. The van der Waals surface area contributed by atoms with Gasteiger partial charge in [0.1, 0.15) is 5.82 Å². The van der Waals surface area contributed by atoms with Crippen molar-refractivity contribution in [1.82, 2.24) is 4.90 Å². The van der Waals surface area contributed by atoms with Gasteiger partial charge in [-0.25, -0.2) is 14.0 Å². The molecule has 5 nitrogen and oxygen atoms in total. The van der Waals surface area contributed by atoms with E-state index in [-0.39, 0.29) is 11.9 Å². The molecule has 3 rings (SSSR count). The van der Waals surface area contributed by atoms with E-state index in [1.807, 2.05) is 4.90 Å². The van der Waals surface area contributed by atoms with Crippen LogP contribution in [0.4, 0.5) is 4.39 Å². The van der Waals surface area contributed by atoms with Crippen molar-refractivity contribution in [3.8, 4) is 0 Å². The number of carbonyl (C=O) groups excluding carboxylic acids is 2. The molecule has 0 radical (unpaired) electrons. The molecule has 1 heterocycles. The normalized spacial score (nSPS) is 17.9. The molecule has 0 unspecified atom stereocenters. The molecule has 126 valence electrons. The molecular formula is C18H18FNO4. The standard InChI is InChI=1S/C18H18FNO4/c1-23-17(21)14-9-20(13-7-8-13)10-15(18(22)24-2)16(14)11-3-5-12(19)6-4-11/h3-6,9-10,13,16H,7-8H2,1-2H3. The zero-order chi connectivity index (χ0) is 17.3. The summed E-state index contributed by atoms with van der Waals surface area (Å²) in [5.74, 6) is -2.09. The first-order chi connectivity index (χ1) is 11.5. The number of hydrogen-bond acceptors (Lipinski definition) is 5. The Hall–Kier alpha value is -2.63. The summed E-state index contributed by atoms with van der Waals surface area (Å²) in [4.78, 5) is 26.4. The average Bonchev–Trinajstić information content (AvgIpc) is 3.45. The first kappa shape index (κ1) is 16.2. The highest BCUT2D eigenvalue weighted by Gasteiger charge is 2.38. The molecule has 1 saturated carbocycles. The molecule has 6 heteroatoms. The van der Waals surface area contributed by atoms with Crippen molar-refractivity contribution < 1.29 is 23.5 Å². The van der Waals surface area contributed by atoms with E-state index in [0.29, 0.717) is 16.7 Å². The predicted octanol–water partition coefficient (Wildman–Crippen LogP) is 2.50. The van der Waals surface area contributed by atoms with Crippen LogP contribution in [0.25, 0.3) is 0 Å². The van der Waals surface area contributed by atoms with Gasteiger partial charge in [-0.2, -0.15) is 0 Å². The van der Waals surface area contributed by atoms with Crippen molar-refractivity contribution in [2.45, 2.75) is 24.8 Å². The van der Waals surface area contributed by atoms with Crippen LogP contribution in [0.2, 0.25) is 0 Å². The number of benzene rings is 1. The fourth-order valence-corrected chi connectivity index (χ4v) is 2.85. The Bertz CT molecular complexity index is 685. The van der Waals surface area contributed by atoms with Crippen LogP contribution in [0.1, 0.15) is 24.3 Å². The van der Waals surface area contributed by atoms with Gasteiger partial charge >= 0.3 is 11.9 Å². The van der Waals surface area contributed by atoms with Crippen LogP contribution in [-0.4, -0.2) is 37.1 Å². The molecule has 0 aromatic heterocycles. The Kier molecular flexibility index (Phi) is 4.38. The Balaban J connectivity index is 2.09. The Labute approximate surface area is 139 Å². The largest absolute Gasteiger partial charge is 0.466 e. The van der Waals surface area contributed by atoms with Crippen molar-refractivity contribution in [2.75, 3.05) is 14.2 Å². The van der Waals surface area contributed by atoms with E-state index in [1.165, 1.54) is 26.4 Å². The van der Waals surface area contributed by atoms with Crippen LogP contribution in [0, 0.1) is 5.82 Å². The second-order valence-electron chi connectivity index (χ2n) is 5.81. The number of carbonyl (C=O) groups is 2. The maximum Gasteiger partial charge on any atom is 0.336 e. The minimum atomic E-state index is -0.652. The van der Waals surface area contributed by atoms with Crippen molar-refractivity contribution in [3.05, 3.63) is 59.2 Å². The fourth-order valence-electron chi connectivity index (χ4n) is 2.85. The van der Waals surface area contributed by atoms with E-state index in [2.05, 4.69) is 0 Å². The highest BCUT2D eigenvalue weighted by atomic mass is 19.1. The highest BCUT2D eigenvalue weighted by Crippen LogP contribution is 2.40. The minimum absolute atomic E-state index is 0.276. The molecule has 0 spiro atoms. The van der Waals surface area contributed by atoms with Gasteiger partial charge in [-0.15, -0.1) is 0 Å². The van der Waals surface area contributed by atoms with Gasteiger partial charge in [0.15, 0.2) is 0 Å². The molecule has 2 aliphatic rings. The van der Waals surface area contributed by atoms with Crippen molar-refractivity contribution >= 4 is 11.9 Å². The van der Waals surface area contributed by atoms with E-state index >= 15 is 0 Å². The van der Waals surface area contributed by atoms with E-state index in [9.17, 15) is 14.0 Å². The fraction of sp³-hybridized carbons (Fsp3) is 0.333. The third-order valence-electron chi connectivity index (χ3n) is 4.21. The lowest BCUT2D eigenvalue weighted by Gasteiger charge is -2.30. The summed E-state index contributed by atoms with van der Waals surface area (Å²) in [7, 11) is 2.59. The van der Waals surface area contributed by atoms with Crippen molar-refractivity contribution in [3.63, 3.8) is 0 Å². The monoisotopic (exact) mass is 331 g/mol. The molecule has 0 saturated heterocycles. The molecule has 0 atom stereocenters. The second kappa shape index (κ2) is 6.47. The number of ether oxygens (including phenoxy) is 2. The molecular weight excluding hydrogens is 313 g/mol. The topological polar surface area (TPSA) is 55.8 Å². The smallest absolute Gasteiger partial charge is 0.336 e. The zero-order valence-electron chi connectivity index (χ0n) is 13.5. The second-order valence-corrected chi connectivity index (χ2v) is 5.81. The lowest BCUT2D eigenvalue weighted by atomic mass is 9.83. The van der Waals surface area contributed by atoms with E-state index < -0.39 is 17.9 Å². The lowest BCUT2D eigenvalue weighted by molar-refractivity contribution is -0.137. The molecule has 1 fully saturated rings. The van der Waals surface area contributed by atoms with Gasteiger partial charge in [0.2, 0.25) is 0 Å². The summed E-state index contributed by atoms with van der Waals surface area (Å²) in [6, 6.07) is 5.98. The Morgan fingerprint density at radius 1 is 1.00 bits per heavy atom. The van der Waals surface area contributed by atoms with Gasteiger partial charge in [0, 0.05) is 18.4 Å². The summed E-state index contributed by atoms with van der Waals surface area (Å²) >= 11 is 0. The van der Waals surface area contributed by atoms with Gasteiger partial charge in [0.05, 0.1) is 31.3 Å². The lowest BCUT2D eigenvalue weighted by Crippen LogP contribution is -2.29. The number of hydrogen-bond donors (Lipinski definition) is 0. The Morgan fingerprint density at radius 2 is 1.50 bits per heavy atom. The van der Waals surface area contributed by atoms with Crippen LogP contribution in [0.3, 0.4) is 0 Å². The van der Waals surface area contributed by atoms with Gasteiger partial charge in [0.25, 0.3) is 0 Å².